The molecule has 0 aliphatic rings. The SMILES string of the molecule is CCC(C)(c1ccccc1)C(C=O)Sc1nc(OC)cc(OC)n1. The summed E-state index contributed by atoms with van der Waals surface area (Å²) in [6.45, 7) is 4.17. The van der Waals surface area contributed by atoms with Gasteiger partial charge in [-0.3, -0.25) is 0 Å². The van der Waals surface area contributed by atoms with E-state index in [1.165, 1.54) is 26.0 Å². The van der Waals surface area contributed by atoms with Crippen LogP contribution in [-0.4, -0.2) is 35.7 Å². The molecule has 24 heavy (non-hydrogen) atoms. The standard InChI is InChI=1S/C18H22N2O3S/c1-5-18(2,13-9-7-6-8-10-13)14(12-21)24-17-19-15(22-3)11-16(20-17)23-4/h6-12,14H,5H2,1-4H3. The number of aromatic nitrogens is 2. The maximum atomic E-state index is 11.9. The fourth-order valence-corrected chi connectivity index (χ4v) is 3.59. The van der Waals surface area contributed by atoms with Crippen molar-refractivity contribution in [2.75, 3.05) is 14.2 Å². The molecule has 0 fully saturated rings. The molecular weight excluding hydrogens is 324 g/mol. The Morgan fingerprint density at radius 3 is 2.21 bits per heavy atom. The third-order valence-electron chi connectivity index (χ3n) is 4.23. The Bertz CT molecular complexity index is 659. The zero-order valence-corrected chi connectivity index (χ0v) is 15.2. The van der Waals surface area contributed by atoms with Crippen LogP contribution >= 0.6 is 11.8 Å². The fourth-order valence-electron chi connectivity index (χ4n) is 2.46. The van der Waals surface area contributed by atoms with Crippen molar-refractivity contribution < 1.29 is 14.3 Å². The largest absolute Gasteiger partial charge is 0.481 e. The smallest absolute Gasteiger partial charge is 0.220 e. The number of benzene rings is 1. The number of rotatable bonds is 8. The highest BCUT2D eigenvalue weighted by Crippen LogP contribution is 2.39. The molecule has 0 aliphatic carbocycles. The van der Waals surface area contributed by atoms with Crippen molar-refractivity contribution in [3.8, 4) is 11.8 Å². The number of nitrogens with zero attached hydrogens (tertiary/aromatic N) is 2. The molecule has 2 atom stereocenters. The van der Waals surface area contributed by atoms with Crippen molar-refractivity contribution in [1.29, 1.82) is 0 Å². The van der Waals surface area contributed by atoms with Gasteiger partial charge >= 0.3 is 0 Å². The number of methoxy groups -OCH3 is 2. The average molecular weight is 346 g/mol. The second kappa shape index (κ2) is 8.15. The van der Waals surface area contributed by atoms with Gasteiger partial charge < -0.3 is 14.3 Å². The molecule has 0 N–H and O–H groups in total. The maximum Gasteiger partial charge on any atom is 0.220 e. The van der Waals surface area contributed by atoms with Gasteiger partial charge in [0.25, 0.3) is 0 Å². The minimum absolute atomic E-state index is 0.326. The Labute approximate surface area is 146 Å². The van der Waals surface area contributed by atoms with E-state index in [-0.39, 0.29) is 10.7 Å². The van der Waals surface area contributed by atoms with E-state index < -0.39 is 0 Å². The van der Waals surface area contributed by atoms with Gasteiger partial charge in [0.1, 0.15) is 6.29 Å². The van der Waals surface area contributed by atoms with Gasteiger partial charge in [-0.2, -0.15) is 9.97 Å². The average Bonchev–Trinajstić information content (AvgIpc) is 2.65. The number of thioether (sulfide) groups is 1. The quantitative estimate of drug-likeness (QED) is 0.414. The first-order valence-electron chi connectivity index (χ1n) is 7.72. The molecule has 5 nitrogen and oxygen atoms in total. The van der Waals surface area contributed by atoms with Crippen molar-refractivity contribution in [2.45, 2.75) is 36.1 Å². The molecule has 0 radical (unpaired) electrons. The summed E-state index contributed by atoms with van der Waals surface area (Å²) in [5.41, 5.74) is 0.792. The van der Waals surface area contributed by atoms with Crippen LogP contribution in [0.5, 0.6) is 11.8 Å². The molecule has 2 unspecified atom stereocenters. The second-order valence-corrected chi connectivity index (χ2v) is 6.66. The fraction of sp³-hybridized carbons (Fsp3) is 0.389. The first-order chi connectivity index (χ1) is 11.6. The van der Waals surface area contributed by atoms with Gasteiger partial charge in [0.15, 0.2) is 5.16 Å². The molecule has 1 aromatic carbocycles. The Kier molecular flexibility index (Phi) is 6.20. The lowest BCUT2D eigenvalue weighted by atomic mass is 9.77. The highest BCUT2D eigenvalue weighted by Gasteiger charge is 2.35. The summed E-state index contributed by atoms with van der Waals surface area (Å²) in [5, 5.41) is 0.126. The number of hydrogen-bond donors (Lipinski definition) is 0. The van der Waals surface area contributed by atoms with E-state index in [9.17, 15) is 4.79 Å². The molecule has 0 aliphatic heterocycles. The van der Waals surface area contributed by atoms with E-state index in [1.54, 1.807) is 6.07 Å². The normalized spacial score (nSPS) is 14.5. The molecule has 6 heteroatoms. The molecule has 128 valence electrons. The van der Waals surface area contributed by atoms with Gasteiger partial charge in [-0.1, -0.05) is 55.9 Å². The molecule has 1 aromatic heterocycles. The van der Waals surface area contributed by atoms with Crippen LogP contribution in [-0.2, 0) is 10.2 Å². The molecule has 0 saturated heterocycles. The van der Waals surface area contributed by atoms with E-state index >= 15 is 0 Å². The van der Waals surface area contributed by atoms with Crippen LogP contribution in [0.4, 0.5) is 0 Å². The summed E-state index contributed by atoms with van der Waals surface area (Å²) in [6.07, 6.45) is 1.78. The summed E-state index contributed by atoms with van der Waals surface area (Å²) in [5.74, 6) is 0.818. The van der Waals surface area contributed by atoms with Crippen LogP contribution < -0.4 is 9.47 Å². The van der Waals surface area contributed by atoms with Gasteiger partial charge in [-0.05, 0) is 12.0 Å². The summed E-state index contributed by atoms with van der Waals surface area (Å²) < 4.78 is 10.4. The van der Waals surface area contributed by atoms with Gasteiger partial charge in [0.05, 0.1) is 25.5 Å². The van der Waals surface area contributed by atoms with Crippen molar-refractivity contribution in [3.63, 3.8) is 0 Å². The number of carbonyl (C=O) groups is 1. The first kappa shape index (κ1) is 18.3. The summed E-state index contributed by atoms with van der Waals surface area (Å²) in [4.78, 5) is 20.5. The third kappa shape index (κ3) is 3.87. The lowest BCUT2D eigenvalue weighted by Crippen LogP contribution is -2.35. The van der Waals surface area contributed by atoms with Crippen LogP contribution in [0.25, 0.3) is 0 Å². The van der Waals surface area contributed by atoms with Gasteiger partial charge in [-0.15, -0.1) is 0 Å². The monoisotopic (exact) mass is 346 g/mol. The van der Waals surface area contributed by atoms with E-state index in [1.807, 2.05) is 30.3 Å². The van der Waals surface area contributed by atoms with Crippen LogP contribution in [0.3, 0.4) is 0 Å². The summed E-state index contributed by atoms with van der Waals surface area (Å²) in [7, 11) is 3.07. The molecule has 2 rings (SSSR count). The maximum absolute atomic E-state index is 11.9. The van der Waals surface area contributed by atoms with E-state index in [0.29, 0.717) is 16.9 Å². The predicted molar refractivity (Wildman–Crippen MR) is 94.9 cm³/mol. The van der Waals surface area contributed by atoms with Crippen LogP contribution in [0.1, 0.15) is 25.8 Å². The molecule has 0 saturated carbocycles. The number of ether oxygens (including phenoxy) is 2. The molecule has 0 spiro atoms. The predicted octanol–water partition coefficient (Wildman–Crippen LogP) is 3.52. The highest BCUT2D eigenvalue weighted by molar-refractivity contribution is 8.00. The Morgan fingerprint density at radius 2 is 1.75 bits per heavy atom. The zero-order valence-electron chi connectivity index (χ0n) is 14.4. The van der Waals surface area contributed by atoms with E-state index in [0.717, 1.165) is 18.3 Å². The topological polar surface area (TPSA) is 61.3 Å². The van der Waals surface area contributed by atoms with Gasteiger partial charge in [0.2, 0.25) is 11.8 Å². The Balaban J connectivity index is 2.36. The summed E-state index contributed by atoms with van der Waals surface area (Å²) in [6, 6.07) is 11.7. The molecular formula is C18H22N2O3S. The van der Waals surface area contributed by atoms with Crippen molar-refractivity contribution in [1.82, 2.24) is 9.97 Å². The Morgan fingerprint density at radius 1 is 1.17 bits per heavy atom. The number of aldehydes is 1. The molecule has 1 heterocycles. The van der Waals surface area contributed by atoms with Gasteiger partial charge in [-0.25, -0.2) is 0 Å². The summed E-state index contributed by atoms with van der Waals surface area (Å²) >= 11 is 1.32. The van der Waals surface area contributed by atoms with Crippen molar-refractivity contribution in [2.24, 2.45) is 0 Å². The molecule has 0 amide bonds. The van der Waals surface area contributed by atoms with Gasteiger partial charge in [0, 0.05) is 5.41 Å². The van der Waals surface area contributed by atoms with E-state index in [4.69, 9.17) is 9.47 Å². The van der Waals surface area contributed by atoms with E-state index in [2.05, 4.69) is 23.8 Å². The van der Waals surface area contributed by atoms with Crippen LogP contribution in [0.15, 0.2) is 41.6 Å². The highest BCUT2D eigenvalue weighted by atomic mass is 32.2. The van der Waals surface area contributed by atoms with Crippen molar-refractivity contribution in [3.05, 3.63) is 42.0 Å². The lowest BCUT2D eigenvalue weighted by molar-refractivity contribution is -0.108. The zero-order chi connectivity index (χ0) is 17.6. The number of carbonyl (C=O) groups excluding carboxylic acids is 1. The lowest BCUT2D eigenvalue weighted by Gasteiger charge is -2.33. The number of hydrogen-bond acceptors (Lipinski definition) is 6. The molecule has 0 bridgehead atoms. The first-order valence-corrected chi connectivity index (χ1v) is 8.60. The Hall–Kier alpha value is -2.08. The molecule has 2 aromatic rings. The van der Waals surface area contributed by atoms with Crippen LogP contribution in [0, 0.1) is 0 Å². The van der Waals surface area contributed by atoms with Crippen LogP contribution in [0.2, 0.25) is 0 Å². The van der Waals surface area contributed by atoms with Crippen molar-refractivity contribution >= 4 is 18.0 Å². The minimum atomic E-state index is -0.332. The third-order valence-corrected chi connectivity index (χ3v) is 5.51. The minimum Gasteiger partial charge on any atom is -0.481 e. The second-order valence-electron chi connectivity index (χ2n) is 5.55.